The Hall–Kier alpha value is 0.1000. The molecule has 0 spiro atoms. The zero-order valence-corrected chi connectivity index (χ0v) is 12.8. The van der Waals surface area contributed by atoms with E-state index in [-0.39, 0.29) is 34.0 Å². The van der Waals surface area contributed by atoms with Crippen molar-refractivity contribution < 1.29 is 10.3 Å². The topological polar surface area (TPSA) is 43.1 Å². The van der Waals surface area contributed by atoms with E-state index < -0.39 is 28.9 Å². The average Bonchev–Trinajstić information content (AvgIpc) is 2.35. The fourth-order valence-electron chi connectivity index (χ4n) is 1.66. The first kappa shape index (κ1) is 9.96. The van der Waals surface area contributed by atoms with Gasteiger partial charge in [0.1, 0.15) is 5.54 Å². The molecule has 1 aliphatic carbocycles. The minimum absolute atomic E-state index is 0. The number of Topliss-reactive ketones (excluding diaryl/α,β-unsaturated/α-hetero) is 1. The quantitative estimate of drug-likeness (QED) is 0.749. The number of ketones is 1. The summed E-state index contributed by atoms with van der Waals surface area (Å²) in [5.41, 5.74) is 4.05. The first-order valence-electron chi connectivity index (χ1n) is 6.78. The van der Waals surface area contributed by atoms with Gasteiger partial charge in [-0.2, -0.15) is 0 Å². The minimum atomic E-state index is -2.58. The van der Waals surface area contributed by atoms with E-state index in [9.17, 15) is 4.79 Å². The van der Waals surface area contributed by atoms with Crippen LogP contribution in [0.1, 0.15) is 30.2 Å². The van der Waals surface area contributed by atoms with Gasteiger partial charge in [0, 0.05) is 10.5 Å². The Labute approximate surface area is 130 Å². The van der Waals surface area contributed by atoms with Crippen molar-refractivity contribution in [1.82, 2.24) is 0 Å². The number of alkyl halides is 1. The Morgan fingerprint density at radius 1 is 1.53 bits per heavy atom. The maximum atomic E-state index is 12.5. The number of nitrogens with two attached hydrogens (primary N) is 1. The second-order valence-electron chi connectivity index (χ2n) is 3.63. The van der Waals surface area contributed by atoms with Crippen molar-refractivity contribution in [3.8, 4) is 0 Å². The molecule has 0 aliphatic heterocycles. The van der Waals surface area contributed by atoms with E-state index in [0.717, 1.165) is 0 Å². The van der Waals surface area contributed by atoms with Gasteiger partial charge in [0.15, 0.2) is 5.78 Å². The van der Waals surface area contributed by atoms with Crippen LogP contribution in [0.2, 0.25) is 5.02 Å². The minimum Gasteiger partial charge on any atom is -0.315 e. The maximum Gasteiger partial charge on any atom is 0.170 e. The summed E-state index contributed by atoms with van der Waals surface area (Å²) in [6, 6.07) is 6.19. The zero-order chi connectivity index (χ0) is 15.3. The molecule has 2 N–H and O–H groups in total. The van der Waals surface area contributed by atoms with Gasteiger partial charge in [0.05, 0.1) is 4.83 Å². The second kappa shape index (κ2) is 5.83. The molecular weight excluding hydrogens is 369 g/mol. The van der Waals surface area contributed by atoms with E-state index in [1.165, 1.54) is 12.1 Å². The summed E-state index contributed by atoms with van der Waals surface area (Å²) in [6.45, 7) is 0. The Balaban J connectivity index is 0.00000220. The highest BCUT2D eigenvalue weighted by Crippen LogP contribution is 2.37. The van der Waals surface area contributed by atoms with E-state index in [1.807, 2.05) is 0 Å². The smallest absolute Gasteiger partial charge is 0.170 e. The van der Waals surface area contributed by atoms with E-state index >= 15 is 0 Å². The van der Waals surface area contributed by atoms with E-state index in [1.54, 1.807) is 12.1 Å². The number of halogens is 3. The van der Waals surface area contributed by atoms with Crippen LogP contribution in [0.25, 0.3) is 0 Å². The normalized spacial score (nSPS) is 38.1. The van der Waals surface area contributed by atoms with Crippen LogP contribution in [0.4, 0.5) is 0 Å². The third kappa shape index (κ3) is 2.75. The average molecular weight is 388 g/mol. The standard InChI is InChI=1S/C12H13BrClNO.BrH/c13-9-5-3-7-12(15,11(9)16)8-4-1-2-6-10(8)14;/h1-2,4,6,9H,3,5,7,15H2;1H/i3D2,7D2;. The molecule has 94 valence electrons. The summed E-state index contributed by atoms with van der Waals surface area (Å²) in [7, 11) is 0. The molecule has 1 aromatic carbocycles. The third-order valence-electron chi connectivity index (χ3n) is 2.54. The van der Waals surface area contributed by atoms with Crippen LogP contribution in [0.15, 0.2) is 24.3 Å². The molecule has 0 aromatic heterocycles. The molecule has 0 heterocycles. The van der Waals surface area contributed by atoms with Gasteiger partial charge in [-0.1, -0.05) is 45.7 Å². The summed E-state index contributed by atoms with van der Waals surface area (Å²) in [5, 5.41) is 0.143. The molecule has 1 fully saturated rings. The van der Waals surface area contributed by atoms with Crippen LogP contribution < -0.4 is 5.73 Å². The van der Waals surface area contributed by atoms with Crippen LogP contribution in [-0.2, 0) is 10.3 Å². The van der Waals surface area contributed by atoms with Gasteiger partial charge in [0.2, 0.25) is 0 Å². The zero-order valence-electron chi connectivity index (χ0n) is 12.7. The van der Waals surface area contributed by atoms with Crippen LogP contribution in [0, 0.1) is 0 Å². The van der Waals surface area contributed by atoms with Crippen molar-refractivity contribution >= 4 is 50.3 Å². The van der Waals surface area contributed by atoms with Gasteiger partial charge in [0.25, 0.3) is 0 Å². The Morgan fingerprint density at radius 3 is 2.82 bits per heavy atom. The van der Waals surface area contributed by atoms with Gasteiger partial charge in [-0.05, 0) is 30.8 Å². The molecule has 2 nitrogen and oxygen atoms in total. The summed E-state index contributed by atoms with van der Waals surface area (Å²) in [5.74, 6) is -0.606. The Bertz CT molecular complexity index is 572. The molecule has 0 bridgehead atoms. The van der Waals surface area contributed by atoms with Crippen molar-refractivity contribution in [2.75, 3.05) is 0 Å². The van der Waals surface area contributed by atoms with Crippen molar-refractivity contribution in [1.29, 1.82) is 0 Å². The van der Waals surface area contributed by atoms with E-state index in [4.69, 9.17) is 22.8 Å². The molecule has 17 heavy (non-hydrogen) atoms. The molecule has 1 aromatic rings. The number of hydrogen-bond acceptors (Lipinski definition) is 2. The predicted octanol–water partition coefficient (Wildman–Crippen LogP) is 3.59. The third-order valence-corrected chi connectivity index (χ3v) is 3.61. The highest BCUT2D eigenvalue weighted by Gasteiger charge is 2.42. The fourth-order valence-corrected chi connectivity index (χ4v) is 2.47. The van der Waals surface area contributed by atoms with Gasteiger partial charge >= 0.3 is 0 Å². The highest BCUT2D eigenvalue weighted by molar-refractivity contribution is 9.10. The first-order chi connectivity index (χ1) is 9.05. The Kier molecular flexibility index (Phi) is 3.41. The fraction of sp³-hybridized carbons (Fsp3) is 0.417. The van der Waals surface area contributed by atoms with E-state index in [0.29, 0.717) is 0 Å². The van der Waals surface area contributed by atoms with Gasteiger partial charge in [-0.25, -0.2) is 0 Å². The molecular formula is C12H14Br2ClNO. The summed E-state index contributed by atoms with van der Waals surface area (Å²) < 4.78 is 32.0. The predicted molar refractivity (Wildman–Crippen MR) is 79.2 cm³/mol. The highest BCUT2D eigenvalue weighted by atomic mass is 79.9. The van der Waals surface area contributed by atoms with Gasteiger partial charge < -0.3 is 5.73 Å². The molecule has 1 aliphatic rings. The monoisotopic (exact) mass is 385 g/mol. The van der Waals surface area contributed by atoms with Crippen LogP contribution in [0.5, 0.6) is 0 Å². The summed E-state index contributed by atoms with van der Waals surface area (Å²) in [4.78, 5) is 11.6. The number of rotatable bonds is 1. The summed E-state index contributed by atoms with van der Waals surface area (Å²) >= 11 is 9.14. The number of hydrogen-bond donors (Lipinski definition) is 1. The molecule has 0 saturated heterocycles. The van der Waals surface area contributed by atoms with Crippen LogP contribution in [-0.4, -0.2) is 10.6 Å². The van der Waals surface area contributed by atoms with Crippen LogP contribution >= 0.6 is 44.5 Å². The van der Waals surface area contributed by atoms with Crippen molar-refractivity contribution in [3.63, 3.8) is 0 Å². The Morgan fingerprint density at radius 2 is 2.18 bits per heavy atom. The van der Waals surface area contributed by atoms with Gasteiger partial charge in [-0.15, -0.1) is 17.0 Å². The van der Waals surface area contributed by atoms with Crippen LogP contribution in [0.3, 0.4) is 0 Å². The molecule has 2 rings (SSSR count). The maximum absolute atomic E-state index is 12.5. The molecule has 0 amide bonds. The lowest BCUT2D eigenvalue weighted by Crippen LogP contribution is -2.51. The van der Waals surface area contributed by atoms with Gasteiger partial charge in [-0.3, -0.25) is 4.79 Å². The number of carbonyl (C=O) groups excluding carboxylic acids is 1. The second-order valence-corrected chi connectivity index (χ2v) is 5.14. The SMILES string of the molecule is Br.[2H]C1([2H])CC(Br)C(=O)C(N)(c2ccccc2Cl)C1([2H])[2H]. The lowest BCUT2D eigenvalue weighted by atomic mass is 9.76. The molecule has 5 heteroatoms. The van der Waals surface area contributed by atoms with Crippen molar-refractivity contribution in [3.05, 3.63) is 34.9 Å². The molecule has 1 saturated carbocycles. The van der Waals surface area contributed by atoms with E-state index in [2.05, 4.69) is 15.9 Å². The molecule has 2 atom stereocenters. The first-order valence-corrected chi connectivity index (χ1v) is 6.07. The molecule has 0 radical (unpaired) electrons. The molecule has 2 unspecified atom stereocenters. The number of carbonyl (C=O) groups is 1. The largest absolute Gasteiger partial charge is 0.315 e. The van der Waals surface area contributed by atoms with Crippen molar-refractivity contribution in [2.45, 2.75) is 29.5 Å². The number of benzene rings is 1. The lowest BCUT2D eigenvalue weighted by Gasteiger charge is -2.35. The summed E-state index contributed by atoms with van der Waals surface area (Å²) in [6.07, 6.45) is -5.11. The lowest BCUT2D eigenvalue weighted by molar-refractivity contribution is -0.125. The van der Waals surface area contributed by atoms with Crippen molar-refractivity contribution in [2.24, 2.45) is 5.73 Å².